The van der Waals surface area contributed by atoms with E-state index in [2.05, 4.69) is 36.2 Å². The Hall–Kier alpha value is -2.24. The number of ether oxygens (including phenoxy) is 2. The van der Waals surface area contributed by atoms with Crippen LogP contribution in [0.15, 0.2) is 42.5 Å². The van der Waals surface area contributed by atoms with Crippen LogP contribution in [0.3, 0.4) is 0 Å². The van der Waals surface area contributed by atoms with Gasteiger partial charge in [-0.3, -0.25) is 4.90 Å². The fraction of sp³-hybridized carbons (Fsp3) is 0.480. The Morgan fingerprint density at radius 1 is 1.13 bits per heavy atom. The van der Waals surface area contributed by atoms with Crippen molar-refractivity contribution in [3.63, 3.8) is 0 Å². The average molecular weight is 441 g/mol. The van der Waals surface area contributed by atoms with E-state index in [-0.39, 0.29) is 23.7 Å². The third-order valence-electron chi connectivity index (χ3n) is 7.00. The number of benzene rings is 2. The predicted octanol–water partition coefficient (Wildman–Crippen LogP) is 5.29. The molecule has 6 heteroatoms. The summed E-state index contributed by atoms with van der Waals surface area (Å²) in [7, 11) is 0. The van der Waals surface area contributed by atoms with Crippen molar-refractivity contribution in [1.82, 2.24) is 10.2 Å². The van der Waals surface area contributed by atoms with Crippen LogP contribution in [-0.4, -0.2) is 43.3 Å². The van der Waals surface area contributed by atoms with Crippen molar-refractivity contribution in [2.24, 2.45) is 11.3 Å². The van der Waals surface area contributed by atoms with Crippen molar-refractivity contribution in [1.29, 1.82) is 0 Å². The quantitative estimate of drug-likeness (QED) is 0.704. The molecule has 2 bridgehead atoms. The normalized spacial score (nSPS) is 28.4. The van der Waals surface area contributed by atoms with E-state index in [0.717, 1.165) is 54.9 Å². The zero-order valence-electron chi connectivity index (χ0n) is 18.1. The van der Waals surface area contributed by atoms with Gasteiger partial charge in [-0.1, -0.05) is 49.7 Å². The average Bonchev–Trinajstić information content (AvgIpc) is 2.77. The van der Waals surface area contributed by atoms with Crippen LogP contribution in [0, 0.1) is 11.3 Å². The van der Waals surface area contributed by atoms with Gasteiger partial charge < -0.3 is 14.8 Å². The molecule has 31 heavy (non-hydrogen) atoms. The van der Waals surface area contributed by atoms with Crippen LogP contribution in [0.4, 0.5) is 4.79 Å². The van der Waals surface area contributed by atoms with Crippen molar-refractivity contribution in [2.45, 2.75) is 38.8 Å². The Morgan fingerprint density at radius 3 is 2.52 bits per heavy atom. The third kappa shape index (κ3) is 4.13. The summed E-state index contributed by atoms with van der Waals surface area (Å²) in [6, 6.07) is 13.8. The van der Waals surface area contributed by atoms with Gasteiger partial charge in [0.25, 0.3) is 0 Å². The molecule has 6 rings (SSSR count). The van der Waals surface area contributed by atoms with Crippen molar-refractivity contribution in [3.8, 4) is 16.9 Å². The molecule has 0 aromatic heterocycles. The highest BCUT2D eigenvalue weighted by molar-refractivity contribution is 6.30. The predicted molar refractivity (Wildman–Crippen MR) is 121 cm³/mol. The zero-order valence-corrected chi connectivity index (χ0v) is 18.8. The van der Waals surface area contributed by atoms with E-state index in [9.17, 15) is 4.79 Å². The van der Waals surface area contributed by atoms with Gasteiger partial charge in [0.2, 0.25) is 0 Å². The molecule has 164 valence electrons. The summed E-state index contributed by atoms with van der Waals surface area (Å²) in [6.07, 6.45) is 1.91. The summed E-state index contributed by atoms with van der Waals surface area (Å²) in [5.74, 6) is 1.30. The Kier molecular flexibility index (Phi) is 5.35. The first-order valence-corrected chi connectivity index (χ1v) is 11.5. The number of hydrogen-bond donors (Lipinski definition) is 1. The van der Waals surface area contributed by atoms with Crippen LogP contribution in [0.1, 0.15) is 38.3 Å². The second kappa shape index (κ2) is 8.03. The Labute approximate surface area is 188 Å². The number of rotatable bonds is 3. The summed E-state index contributed by atoms with van der Waals surface area (Å²) in [6.45, 7) is 7.86. The van der Waals surface area contributed by atoms with Crippen LogP contribution < -0.4 is 10.1 Å². The molecule has 4 aliphatic heterocycles. The Balaban J connectivity index is 1.35. The van der Waals surface area contributed by atoms with E-state index in [1.807, 2.05) is 30.3 Å². The smallest absolute Gasteiger partial charge is 0.407 e. The molecule has 1 N–H and O–H groups in total. The number of fused-ring (bicyclic) bond motifs is 4. The van der Waals surface area contributed by atoms with Crippen LogP contribution in [0.2, 0.25) is 5.02 Å². The van der Waals surface area contributed by atoms with E-state index in [4.69, 9.17) is 21.1 Å². The number of nitrogens with one attached hydrogen (secondary N) is 1. The third-order valence-corrected chi connectivity index (χ3v) is 7.25. The number of hydrogen-bond acceptors (Lipinski definition) is 4. The molecule has 3 fully saturated rings. The molecule has 0 radical (unpaired) electrons. The van der Waals surface area contributed by atoms with E-state index < -0.39 is 0 Å². The lowest BCUT2D eigenvalue weighted by Crippen LogP contribution is -2.53. The maximum absolute atomic E-state index is 12.9. The summed E-state index contributed by atoms with van der Waals surface area (Å²) in [5.41, 5.74) is 2.87. The summed E-state index contributed by atoms with van der Waals surface area (Å²) >= 11 is 6.02. The topological polar surface area (TPSA) is 50.8 Å². The van der Waals surface area contributed by atoms with Crippen molar-refractivity contribution < 1.29 is 14.3 Å². The molecule has 2 aromatic rings. The summed E-state index contributed by atoms with van der Waals surface area (Å²) in [5, 5.41) is 3.88. The standard InChI is InChI=1S/C25H29ClN2O3/c1-25(2)15-30-21-13-18(16-3-6-19(26)7-4-16)5-8-20(21)23(25)27-24(29)31-22-14-28-11-9-17(22)10-12-28/h3-8,13,17,22-23H,9-12,14-15H2,1-2H3,(H,27,29)/t22-,23?/m1/s1. The monoisotopic (exact) mass is 440 g/mol. The number of halogens is 1. The molecule has 0 saturated carbocycles. The van der Waals surface area contributed by atoms with E-state index >= 15 is 0 Å². The maximum atomic E-state index is 12.9. The molecular weight excluding hydrogens is 412 g/mol. The van der Waals surface area contributed by atoms with Crippen LogP contribution in [0.5, 0.6) is 5.75 Å². The van der Waals surface area contributed by atoms with Gasteiger partial charge in [-0.15, -0.1) is 0 Å². The molecule has 0 spiro atoms. The second-order valence-corrected chi connectivity index (χ2v) is 10.1. The first kappa shape index (κ1) is 20.7. The highest BCUT2D eigenvalue weighted by Gasteiger charge is 2.41. The number of nitrogens with zero attached hydrogens (tertiary/aromatic N) is 1. The second-order valence-electron chi connectivity index (χ2n) is 9.70. The molecular formula is C25H29ClN2O3. The van der Waals surface area contributed by atoms with Crippen molar-refractivity contribution in [2.75, 3.05) is 26.2 Å². The first-order valence-electron chi connectivity index (χ1n) is 11.1. The molecule has 4 heterocycles. The van der Waals surface area contributed by atoms with E-state index in [1.165, 1.54) is 0 Å². The SMILES string of the molecule is CC1(C)COc2cc(-c3ccc(Cl)cc3)ccc2C1NC(=O)O[C@@H]1CN2CCC1CC2. The fourth-order valence-corrected chi connectivity index (χ4v) is 5.22. The van der Waals surface area contributed by atoms with Gasteiger partial charge in [-0.25, -0.2) is 4.79 Å². The molecule has 1 unspecified atom stereocenters. The minimum Gasteiger partial charge on any atom is -0.493 e. The molecule has 0 aliphatic carbocycles. The minimum absolute atomic E-state index is 0.00259. The summed E-state index contributed by atoms with van der Waals surface area (Å²) in [4.78, 5) is 15.3. The van der Waals surface area contributed by atoms with Crippen molar-refractivity contribution >= 4 is 17.7 Å². The molecule has 3 saturated heterocycles. The van der Waals surface area contributed by atoms with Gasteiger partial charge in [0.15, 0.2) is 0 Å². The van der Waals surface area contributed by atoms with Gasteiger partial charge in [-0.05, 0) is 61.2 Å². The molecule has 2 atom stereocenters. The molecule has 1 amide bonds. The summed E-state index contributed by atoms with van der Waals surface area (Å²) < 4.78 is 12.0. The maximum Gasteiger partial charge on any atom is 0.407 e. The van der Waals surface area contributed by atoms with E-state index in [0.29, 0.717) is 17.5 Å². The fourth-order valence-electron chi connectivity index (χ4n) is 5.09. The van der Waals surface area contributed by atoms with Gasteiger partial charge in [0.05, 0.1) is 12.6 Å². The lowest BCUT2D eigenvalue weighted by Gasteiger charge is -2.44. The lowest BCUT2D eigenvalue weighted by molar-refractivity contribution is -0.0361. The highest BCUT2D eigenvalue weighted by atomic mass is 35.5. The number of piperidine rings is 3. The zero-order chi connectivity index (χ0) is 21.6. The van der Waals surface area contributed by atoms with E-state index in [1.54, 1.807) is 0 Å². The number of amides is 1. The van der Waals surface area contributed by atoms with Crippen LogP contribution >= 0.6 is 11.6 Å². The largest absolute Gasteiger partial charge is 0.493 e. The number of carbonyl (C=O) groups excluding carboxylic acids is 1. The Bertz CT molecular complexity index is 967. The lowest BCUT2D eigenvalue weighted by atomic mass is 9.78. The molecule has 5 nitrogen and oxygen atoms in total. The van der Waals surface area contributed by atoms with Gasteiger partial charge >= 0.3 is 6.09 Å². The number of carbonyl (C=O) groups is 1. The van der Waals surface area contributed by atoms with Crippen LogP contribution in [-0.2, 0) is 4.74 Å². The van der Waals surface area contributed by atoms with Gasteiger partial charge in [0.1, 0.15) is 11.9 Å². The highest BCUT2D eigenvalue weighted by Crippen LogP contribution is 2.44. The minimum atomic E-state index is -0.327. The molecule has 4 aliphatic rings. The Morgan fingerprint density at radius 2 is 1.84 bits per heavy atom. The van der Waals surface area contributed by atoms with Gasteiger partial charge in [-0.2, -0.15) is 0 Å². The van der Waals surface area contributed by atoms with Crippen molar-refractivity contribution in [3.05, 3.63) is 53.1 Å². The van der Waals surface area contributed by atoms with Gasteiger partial charge in [0, 0.05) is 22.5 Å². The molecule has 2 aromatic carbocycles. The first-order chi connectivity index (χ1) is 14.9. The number of alkyl carbamates (subject to hydrolysis) is 1. The van der Waals surface area contributed by atoms with Crippen LogP contribution in [0.25, 0.3) is 11.1 Å².